The second-order valence-electron chi connectivity index (χ2n) is 4.05. The first-order valence-electron chi connectivity index (χ1n) is 5.31. The van der Waals surface area contributed by atoms with Gasteiger partial charge in [-0.25, -0.2) is 13.1 Å². The van der Waals surface area contributed by atoms with E-state index in [1.165, 1.54) is 0 Å². The average Bonchev–Trinajstić information content (AvgIpc) is 2.16. The molecule has 0 spiro atoms. The molecule has 0 aliphatic carbocycles. The maximum atomic E-state index is 11.1. The van der Waals surface area contributed by atoms with E-state index < -0.39 is 15.4 Å². The number of sulfonamides is 1. The number of nitrogens with one attached hydrogen (secondary N) is 1. The molecule has 0 bridgehead atoms. The molecule has 1 aliphatic heterocycles. The number of likely N-dealkylation sites (tertiary alicyclic amines) is 1. The normalized spacial score (nSPS) is 22.1. The van der Waals surface area contributed by atoms with Gasteiger partial charge >= 0.3 is 5.37 Å². The molecular weight excluding hydrogens is 252 g/mol. The molecule has 1 aliphatic rings. The summed E-state index contributed by atoms with van der Waals surface area (Å²) in [6, 6.07) is 0.0630. The quantitative estimate of drug-likeness (QED) is 0.614. The molecule has 0 aromatic heterocycles. The molecule has 0 saturated carbocycles. The summed E-state index contributed by atoms with van der Waals surface area (Å²) in [6.07, 6.45) is 4.66. The monoisotopic (exact) mass is 268 g/mol. The smallest absolute Gasteiger partial charge is 0.316 e. The van der Waals surface area contributed by atoms with Crippen LogP contribution in [-0.4, -0.2) is 44.1 Å². The first kappa shape index (κ1) is 13.7. The average molecular weight is 269 g/mol. The Morgan fingerprint density at radius 1 is 1.50 bits per heavy atom. The molecule has 1 unspecified atom stereocenters. The molecule has 0 aromatic carbocycles. The molecule has 16 heavy (non-hydrogen) atoms. The van der Waals surface area contributed by atoms with E-state index in [0.717, 1.165) is 25.5 Å². The molecule has 1 saturated heterocycles. The lowest BCUT2D eigenvalue weighted by molar-refractivity contribution is 0.167. The van der Waals surface area contributed by atoms with Gasteiger partial charge in [0.15, 0.2) is 0 Å². The number of amides is 1. The zero-order valence-corrected chi connectivity index (χ0v) is 10.9. The first-order chi connectivity index (χ1) is 7.40. The largest absolute Gasteiger partial charge is 0.326 e. The van der Waals surface area contributed by atoms with Gasteiger partial charge in [-0.2, -0.15) is 0 Å². The Bertz CT molecular complexity index is 345. The number of piperidine rings is 1. The van der Waals surface area contributed by atoms with Crippen molar-refractivity contribution in [3.63, 3.8) is 0 Å². The minimum absolute atomic E-state index is 0.0630. The van der Waals surface area contributed by atoms with Gasteiger partial charge in [0, 0.05) is 19.1 Å². The third-order valence-electron chi connectivity index (χ3n) is 2.69. The number of halogens is 1. The van der Waals surface area contributed by atoms with Gasteiger partial charge in [0.25, 0.3) is 0 Å². The Balaban J connectivity index is 2.41. The van der Waals surface area contributed by atoms with E-state index in [4.69, 9.17) is 11.6 Å². The van der Waals surface area contributed by atoms with E-state index in [0.29, 0.717) is 19.5 Å². The summed E-state index contributed by atoms with van der Waals surface area (Å²) < 4.78 is 24.2. The summed E-state index contributed by atoms with van der Waals surface area (Å²) in [5.74, 6) is 0. The summed E-state index contributed by atoms with van der Waals surface area (Å²) >= 11 is 5.47. The van der Waals surface area contributed by atoms with Gasteiger partial charge in [0.1, 0.15) is 0 Å². The minimum Gasteiger partial charge on any atom is -0.326 e. The Labute approximate surface area is 101 Å². The molecule has 1 heterocycles. The second kappa shape index (κ2) is 5.84. The third kappa shape index (κ3) is 4.67. The fourth-order valence-corrected chi connectivity index (χ4v) is 2.65. The Morgan fingerprint density at radius 3 is 2.75 bits per heavy atom. The van der Waals surface area contributed by atoms with Gasteiger partial charge in [-0.15, -0.1) is 0 Å². The van der Waals surface area contributed by atoms with Gasteiger partial charge in [-0.05, 0) is 37.3 Å². The molecule has 0 radical (unpaired) electrons. The molecule has 94 valence electrons. The predicted octanol–water partition coefficient (Wildman–Crippen LogP) is 1.14. The molecule has 7 heteroatoms. The molecular formula is C9H17ClN2O3S. The highest BCUT2D eigenvalue weighted by Gasteiger charge is 2.25. The van der Waals surface area contributed by atoms with Gasteiger partial charge in [0.05, 0.1) is 6.26 Å². The van der Waals surface area contributed by atoms with E-state index in [2.05, 4.69) is 4.72 Å². The van der Waals surface area contributed by atoms with E-state index in [-0.39, 0.29) is 6.04 Å². The molecule has 1 amide bonds. The van der Waals surface area contributed by atoms with Crippen molar-refractivity contribution in [2.24, 2.45) is 0 Å². The fourth-order valence-electron chi connectivity index (χ4n) is 1.94. The molecule has 0 aromatic rings. The second-order valence-corrected chi connectivity index (χ2v) is 6.21. The van der Waals surface area contributed by atoms with Crippen molar-refractivity contribution >= 4 is 27.0 Å². The summed E-state index contributed by atoms with van der Waals surface area (Å²) in [6.45, 7) is 1.02. The van der Waals surface area contributed by atoms with Crippen LogP contribution in [0.5, 0.6) is 0 Å². The highest BCUT2D eigenvalue weighted by Crippen LogP contribution is 2.20. The van der Waals surface area contributed by atoms with Crippen LogP contribution in [0.3, 0.4) is 0 Å². The summed E-state index contributed by atoms with van der Waals surface area (Å²) in [5, 5.41) is -0.441. The number of hydrogen-bond acceptors (Lipinski definition) is 3. The maximum absolute atomic E-state index is 11.1. The zero-order chi connectivity index (χ0) is 12.2. The van der Waals surface area contributed by atoms with Crippen LogP contribution >= 0.6 is 11.6 Å². The predicted molar refractivity (Wildman–Crippen MR) is 63.1 cm³/mol. The first-order valence-corrected chi connectivity index (χ1v) is 7.58. The fraction of sp³-hybridized carbons (Fsp3) is 0.889. The van der Waals surface area contributed by atoms with Gasteiger partial charge in [-0.1, -0.05) is 0 Å². The Morgan fingerprint density at radius 2 is 2.19 bits per heavy atom. The van der Waals surface area contributed by atoms with E-state index >= 15 is 0 Å². The van der Waals surface area contributed by atoms with Crippen LogP contribution in [0, 0.1) is 0 Å². The van der Waals surface area contributed by atoms with Crippen LogP contribution in [0.4, 0.5) is 4.79 Å². The van der Waals surface area contributed by atoms with Crippen molar-refractivity contribution in [1.29, 1.82) is 0 Å². The third-order valence-corrected chi connectivity index (χ3v) is 3.64. The SMILES string of the molecule is CS(=O)(=O)NCCC1CCCCN1C(=O)Cl. The van der Waals surface area contributed by atoms with Crippen molar-refractivity contribution in [3.05, 3.63) is 0 Å². The van der Waals surface area contributed by atoms with Crippen molar-refractivity contribution in [2.45, 2.75) is 31.7 Å². The van der Waals surface area contributed by atoms with E-state index in [1.54, 1.807) is 4.90 Å². The van der Waals surface area contributed by atoms with E-state index in [9.17, 15) is 13.2 Å². The summed E-state index contributed by atoms with van der Waals surface area (Å²) in [4.78, 5) is 12.7. The van der Waals surface area contributed by atoms with Crippen LogP contribution < -0.4 is 4.72 Å². The molecule has 1 rings (SSSR count). The molecule has 5 nitrogen and oxygen atoms in total. The highest BCUT2D eigenvalue weighted by molar-refractivity contribution is 7.88. The highest BCUT2D eigenvalue weighted by atomic mass is 35.5. The molecule has 1 N–H and O–H groups in total. The van der Waals surface area contributed by atoms with Gasteiger partial charge in [-0.3, -0.25) is 4.79 Å². The van der Waals surface area contributed by atoms with Crippen LogP contribution in [0.1, 0.15) is 25.7 Å². The zero-order valence-electron chi connectivity index (χ0n) is 9.28. The Hall–Kier alpha value is -0.330. The minimum atomic E-state index is -3.15. The topological polar surface area (TPSA) is 66.5 Å². The lowest BCUT2D eigenvalue weighted by atomic mass is 10.0. The van der Waals surface area contributed by atoms with Crippen LogP contribution in [0.15, 0.2) is 0 Å². The van der Waals surface area contributed by atoms with Crippen molar-refractivity contribution in [2.75, 3.05) is 19.3 Å². The number of hydrogen-bond donors (Lipinski definition) is 1. The molecule has 1 fully saturated rings. The lowest BCUT2D eigenvalue weighted by Crippen LogP contribution is -2.42. The van der Waals surface area contributed by atoms with Crippen LogP contribution in [0.2, 0.25) is 0 Å². The number of nitrogens with zero attached hydrogens (tertiary/aromatic N) is 1. The lowest BCUT2D eigenvalue weighted by Gasteiger charge is -2.34. The Kier molecular flexibility index (Phi) is 5.01. The number of carbonyl (C=O) groups is 1. The van der Waals surface area contributed by atoms with E-state index in [1.807, 2.05) is 0 Å². The standard InChI is InChI=1S/C9H17ClN2O3S/c1-16(14,15)11-6-5-8-4-2-3-7-12(8)9(10)13/h8,11H,2-7H2,1H3. The van der Waals surface area contributed by atoms with Crippen LogP contribution in [0.25, 0.3) is 0 Å². The molecule has 1 atom stereocenters. The summed E-state index contributed by atoms with van der Waals surface area (Å²) in [5.41, 5.74) is 0. The van der Waals surface area contributed by atoms with Crippen molar-refractivity contribution in [3.8, 4) is 0 Å². The van der Waals surface area contributed by atoms with Crippen molar-refractivity contribution < 1.29 is 13.2 Å². The van der Waals surface area contributed by atoms with Crippen LogP contribution in [-0.2, 0) is 10.0 Å². The number of carbonyl (C=O) groups excluding carboxylic acids is 1. The summed E-state index contributed by atoms with van der Waals surface area (Å²) in [7, 11) is -3.15. The maximum Gasteiger partial charge on any atom is 0.316 e. The van der Waals surface area contributed by atoms with Crippen molar-refractivity contribution in [1.82, 2.24) is 9.62 Å². The van der Waals surface area contributed by atoms with Gasteiger partial charge in [0.2, 0.25) is 10.0 Å². The van der Waals surface area contributed by atoms with Gasteiger partial charge < -0.3 is 4.90 Å². The number of rotatable bonds is 4.